The van der Waals surface area contributed by atoms with Crippen LogP contribution in [-0.4, -0.2) is 25.0 Å². The van der Waals surface area contributed by atoms with E-state index in [2.05, 4.69) is 0 Å². The first kappa shape index (κ1) is 22.4. The van der Waals surface area contributed by atoms with Gasteiger partial charge in [0.1, 0.15) is 6.10 Å². The van der Waals surface area contributed by atoms with Crippen molar-refractivity contribution >= 4 is 17.7 Å². The normalized spacial score (nSPS) is 15.8. The highest BCUT2D eigenvalue weighted by molar-refractivity contribution is 7.98. The summed E-state index contributed by atoms with van der Waals surface area (Å²) in [5, 5.41) is 0. The van der Waals surface area contributed by atoms with Crippen molar-refractivity contribution in [3.8, 4) is 0 Å². The third-order valence-corrected chi connectivity index (χ3v) is 5.79. The molecular formula is C25H23F3O3S. The first-order chi connectivity index (χ1) is 15.8. The Morgan fingerprint density at radius 2 is 1.47 bits per heavy atom. The van der Waals surface area contributed by atoms with Gasteiger partial charge in [0.25, 0.3) is 5.60 Å². The molecule has 0 aliphatic heterocycles. The molecule has 0 aliphatic rings. The van der Waals surface area contributed by atoms with Gasteiger partial charge in [-0.3, -0.25) is 0 Å². The van der Waals surface area contributed by atoms with E-state index in [-0.39, 0.29) is 0 Å². The number of esters is 1. The third kappa shape index (κ3) is 5.34. The van der Waals surface area contributed by atoms with Crippen molar-refractivity contribution in [1.29, 1.82) is 0 Å². The number of rotatable bonds is 9. The summed E-state index contributed by atoms with van der Waals surface area (Å²) in [5.41, 5.74) is -3.41. The van der Waals surface area contributed by atoms with Gasteiger partial charge in [-0.05, 0) is 11.1 Å². The molecule has 0 saturated heterocycles. The minimum absolute atomic E-state index is 0.393. The molecule has 0 radical (unpaired) electrons. The van der Waals surface area contributed by atoms with E-state index in [9.17, 15) is 18.0 Å². The summed E-state index contributed by atoms with van der Waals surface area (Å²) in [7, 11) is 0.821. The highest BCUT2D eigenvalue weighted by Gasteiger charge is 2.64. The van der Waals surface area contributed by atoms with Gasteiger partial charge in [0.2, 0.25) is 0 Å². The Kier molecular flexibility index (Phi) is 7.50. The van der Waals surface area contributed by atoms with E-state index in [1.54, 1.807) is 36.4 Å². The molecule has 0 aliphatic carbocycles. The Morgan fingerprint density at radius 1 is 0.938 bits per heavy atom. The lowest BCUT2D eigenvalue weighted by Gasteiger charge is -2.33. The molecule has 0 spiro atoms. The van der Waals surface area contributed by atoms with Crippen LogP contribution in [0.4, 0.5) is 13.2 Å². The lowest BCUT2D eigenvalue weighted by molar-refractivity contribution is -0.278. The Balaban J connectivity index is 1.93. The molecule has 0 amide bonds. The summed E-state index contributed by atoms with van der Waals surface area (Å²) in [6.07, 6.45) is -6.33. The molecule has 3 nitrogen and oxygen atoms in total. The lowest BCUT2D eigenvalue weighted by atomic mass is 9.92. The van der Waals surface area contributed by atoms with Gasteiger partial charge < -0.3 is 9.47 Å². The second kappa shape index (κ2) is 10.7. The van der Waals surface area contributed by atoms with Crippen LogP contribution in [0.3, 0.4) is 0 Å². The maximum atomic E-state index is 14.3. The van der Waals surface area contributed by atoms with Gasteiger partial charge in [0.05, 0.1) is 0 Å². The zero-order valence-corrected chi connectivity index (χ0v) is 18.1. The molecule has 0 N–H and O–H groups in total. The Bertz CT molecular complexity index is 1020. The van der Waals surface area contributed by atoms with Crippen molar-refractivity contribution in [2.45, 2.75) is 23.6 Å². The Hall–Kier alpha value is -2.77. The summed E-state index contributed by atoms with van der Waals surface area (Å²) in [5.74, 6) is -1.18. The zero-order chi connectivity index (χ0) is 23.9. The number of halogens is 3. The number of thioether (sulfide) groups is 1. The molecule has 0 bridgehead atoms. The number of benzene rings is 3. The average Bonchev–Trinajstić information content (AvgIpc) is 2.83. The van der Waals surface area contributed by atoms with Crippen LogP contribution in [0.2, 0.25) is 0 Å². The van der Waals surface area contributed by atoms with E-state index in [1.165, 1.54) is 12.1 Å². The maximum absolute atomic E-state index is 14.3. The number of carbonyl (C=O) groups is 1. The predicted molar refractivity (Wildman–Crippen MR) is 119 cm³/mol. The van der Waals surface area contributed by atoms with Crippen molar-refractivity contribution in [2.24, 2.45) is 0 Å². The van der Waals surface area contributed by atoms with Crippen LogP contribution in [0.1, 0.15) is 24.2 Å². The molecule has 3 atom stereocenters. The van der Waals surface area contributed by atoms with Crippen molar-refractivity contribution in [2.75, 3.05) is 12.8 Å². The summed E-state index contributed by atoms with van der Waals surface area (Å²) in [6, 6.07) is 24.3. The fourth-order valence-electron chi connectivity index (χ4n) is 3.21. The molecule has 0 heterocycles. The van der Waals surface area contributed by atoms with Crippen LogP contribution in [0.15, 0.2) is 91.0 Å². The SMILES string of the molecule is [2H][C@H](SCc1ccccc1)C(OC(=O)[C@](OC)(c1ccccc1)C(F)(F)F)c1ccccc1. The first-order valence-corrected chi connectivity index (χ1v) is 10.9. The Morgan fingerprint density at radius 3 is 2.00 bits per heavy atom. The molecule has 168 valence electrons. The van der Waals surface area contributed by atoms with Crippen LogP contribution in [0.5, 0.6) is 0 Å². The number of ether oxygens (including phenoxy) is 2. The lowest BCUT2D eigenvalue weighted by Crippen LogP contribution is -2.52. The molecule has 3 aromatic rings. The minimum atomic E-state index is -5.09. The van der Waals surface area contributed by atoms with Gasteiger partial charge in [0, 0.05) is 25.5 Å². The molecule has 1 unspecified atom stereocenters. The van der Waals surface area contributed by atoms with E-state index in [1.807, 2.05) is 30.3 Å². The van der Waals surface area contributed by atoms with E-state index < -0.39 is 35.1 Å². The Labute approximate surface area is 191 Å². The van der Waals surface area contributed by atoms with Crippen molar-refractivity contribution < 1.29 is 28.8 Å². The molecule has 0 fully saturated rings. The number of hydrogen-bond donors (Lipinski definition) is 0. The largest absolute Gasteiger partial charge is 0.454 e. The van der Waals surface area contributed by atoms with Gasteiger partial charge in [-0.1, -0.05) is 91.0 Å². The van der Waals surface area contributed by atoms with Crippen molar-refractivity contribution in [1.82, 2.24) is 0 Å². The molecule has 3 aromatic carbocycles. The predicted octanol–water partition coefficient (Wildman–Crippen LogP) is 6.31. The topological polar surface area (TPSA) is 35.5 Å². The molecule has 3 rings (SSSR count). The zero-order valence-electron chi connectivity index (χ0n) is 18.3. The van der Waals surface area contributed by atoms with E-state index in [0.717, 1.165) is 36.6 Å². The highest BCUT2D eigenvalue weighted by Crippen LogP contribution is 2.44. The second-order valence-electron chi connectivity index (χ2n) is 6.92. The van der Waals surface area contributed by atoms with E-state index in [4.69, 9.17) is 10.8 Å². The summed E-state index contributed by atoms with van der Waals surface area (Å²) < 4.78 is 61.6. The van der Waals surface area contributed by atoms with Crippen LogP contribution in [0.25, 0.3) is 0 Å². The average molecular weight is 462 g/mol. The van der Waals surface area contributed by atoms with Gasteiger partial charge in [-0.15, -0.1) is 0 Å². The standard InChI is InChI=1S/C25H23F3O3S/c1-30-24(25(26,27)28,21-15-9-4-10-16-21)23(29)31-22(20-13-7-3-8-14-20)18-32-17-19-11-5-2-6-12-19/h2-16,22H,17-18H2,1H3/t22?,24-/m1/s1/i18D/t18-,22?,24+/m0. The summed E-state index contributed by atoms with van der Waals surface area (Å²) >= 11 is 1.16. The van der Waals surface area contributed by atoms with Crippen LogP contribution < -0.4 is 0 Å². The molecule has 0 aromatic heterocycles. The monoisotopic (exact) mass is 461 g/mol. The molecule has 32 heavy (non-hydrogen) atoms. The summed E-state index contributed by atoms with van der Waals surface area (Å²) in [4.78, 5) is 13.1. The van der Waals surface area contributed by atoms with Gasteiger partial charge >= 0.3 is 12.1 Å². The highest BCUT2D eigenvalue weighted by atomic mass is 32.2. The minimum Gasteiger partial charge on any atom is -0.454 e. The fourth-order valence-corrected chi connectivity index (χ4v) is 4.08. The number of carbonyl (C=O) groups excluding carboxylic acids is 1. The maximum Gasteiger partial charge on any atom is 0.432 e. The van der Waals surface area contributed by atoms with Crippen LogP contribution in [-0.2, 0) is 25.6 Å². The van der Waals surface area contributed by atoms with Gasteiger partial charge in [-0.25, -0.2) is 4.79 Å². The van der Waals surface area contributed by atoms with E-state index >= 15 is 0 Å². The molecule has 0 saturated carbocycles. The number of methoxy groups -OCH3 is 1. The fraction of sp³-hybridized carbons (Fsp3) is 0.240. The number of hydrogen-bond acceptors (Lipinski definition) is 4. The van der Waals surface area contributed by atoms with Gasteiger partial charge in [0.15, 0.2) is 0 Å². The second-order valence-corrected chi connectivity index (χ2v) is 7.81. The molecular weight excluding hydrogens is 437 g/mol. The van der Waals surface area contributed by atoms with Crippen LogP contribution >= 0.6 is 11.8 Å². The molecule has 7 heteroatoms. The quantitative estimate of drug-likeness (QED) is 0.350. The third-order valence-electron chi connectivity index (χ3n) is 4.85. The van der Waals surface area contributed by atoms with Crippen molar-refractivity contribution in [3.05, 3.63) is 108 Å². The van der Waals surface area contributed by atoms with Crippen LogP contribution in [0, 0.1) is 0 Å². The van der Waals surface area contributed by atoms with Crippen molar-refractivity contribution in [3.63, 3.8) is 0 Å². The van der Waals surface area contributed by atoms with Gasteiger partial charge in [-0.2, -0.15) is 24.9 Å². The number of alkyl halides is 3. The summed E-state index contributed by atoms with van der Waals surface area (Å²) in [6.45, 7) is 0. The smallest absolute Gasteiger partial charge is 0.432 e. The van der Waals surface area contributed by atoms with E-state index in [0.29, 0.717) is 11.3 Å². The first-order valence-electron chi connectivity index (χ1n) is 10.4.